The van der Waals surface area contributed by atoms with Gasteiger partial charge in [-0.1, -0.05) is 30.4 Å². The zero-order valence-corrected chi connectivity index (χ0v) is 19.9. The number of hydrogen-bond acceptors (Lipinski definition) is 7. The van der Waals surface area contributed by atoms with Gasteiger partial charge < -0.3 is 9.64 Å². The van der Waals surface area contributed by atoms with Crippen molar-refractivity contribution in [3.05, 3.63) is 66.2 Å². The summed E-state index contributed by atoms with van der Waals surface area (Å²) in [7, 11) is 2.76. The first-order valence-electron chi connectivity index (χ1n) is 10.5. The van der Waals surface area contributed by atoms with Crippen molar-refractivity contribution in [3.8, 4) is 11.3 Å². The molecule has 3 rings (SSSR count). The van der Waals surface area contributed by atoms with Gasteiger partial charge in [-0.25, -0.2) is 9.37 Å². The minimum Gasteiger partial charge on any atom is -0.423 e. The average molecular weight is 470 g/mol. The Hall–Kier alpha value is -3.04. The van der Waals surface area contributed by atoms with E-state index in [0.717, 1.165) is 10.5 Å². The van der Waals surface area contributed by atoms with Gasteiger partial charge in [0, 0.05) is 22.3 Å². The SMILES string of the molecule is Cc1ncc(-c2ccc(S(=O)C(C)CN(C)C)cc2)nc1C(=N)OC(=N)[C@H]1C=CC=C[C@H]1F. The lowest BCUT2D eigenvalue weighted by atomic mass is 9.99. The summed E-state index contributed by atoms with van der Waals surface area (Å²) in [5.74, 6) is -1.61. The minimum absolute atomic E-state index is 0.0111. The molecule has 2 N–H and O–H groups in total. The Balaban J connectivity index is 1.76. The van der Waals surface area contributed by atoms with Gasteiger partial charge in [0.1, 0.15) is 11.9 Å². The molecule has 0 amide bonds. The van der Waals surface area contributed by atoms with Gasteiger partial charge in [0.2, 0.25) is 5.90 Å². The summed E-state index contributed by atoms with van der Waals surface area (Å²) in [4.78, 5) is 11.5. The average Bonchev–Trinajstić information content (AvgIpc) is 2.78. The van der Waals surface area contributed by atoms with Gasteiger partial charge in [-0.3, -0.25) is 20.0 Å². The zero-order valence-electron chi connectivity index (χ0n) is 19.1. The quantitative estimate of drug-likeness (QED) is 0.473. The van der Waals surface area contributed by atoms with Crippen molar-refractivity contribution < 1.29 is 13.3 Å². The molecule has 9 heteroatoms. The standard InChI is InChI=1S/C24H28FN5O2S/c1-15(14-30(3)4)33(31)18-11-9-17(10-12-18)21-13-28-16(2)22(29-21)24(27)32-23(26)19-7-5-6-8-20(19)25/h5-13,15,19-20,26-27H,14H2,1-4H3/t15?,19-,20+,33?/m0/s1. The lowest BCUT2D eigenvalue weighted by molar-refractivity contribution is 0.338. The fraction of sp³-hybridized carbons (Fsp3) is 0.333. The van der Waals surface area contributed by atoms with E-state index in [-0.39, 0.29) is 22.7 Å². The van der Waals surface area contributed by atoms with E-state index in [1.165, 1.54) is 12.2 Å². The normalized spacial score (nSPS) is 19.3. The van der Waals surface area contributed by atoms with Crippen LogP contribution >= 0.6 is 0 Å². The van der Waals surface area contributed by atoms with E-state index >= 15 is 0 Å². The van der Waals surface area contributed by atoms with Crippen LogP contribution in [0.25, 0.3) is 11.3 Å². The third kappa shape index (κ3) is 6.06. The van der Waals surface area contributed by atoms with Gasteiger partial charge in [-0.05, 0) is 46.2 Å². The Labute approximate surface area is 195 Å². The second-order valence-electron chi connectivity index (χ2n) is 8.12. The van der Waals surface area contributed by atoms with Crippen molar-refractivity contribution in [1.82, 2.24) is 14.9 Å². The molecule has 0 saturated heterocycles. The molecule has 7 nitrogen and oxygen atoms in total. The lowest BCUT2D eigenvalue weighted by Crippen LogP contribution is -2.27. The van der Waals surface area contributed by atoms with Gasteiger partial charge in [-0.2, -0.15) is 0 Å². The van der Waals surface area contributed by atoms with Crippen LogP contribution in [-0.2, 0) is 15.5 Å². The summed E-state index contributed by atoms with van der Waals surface area (Å²) in [6.07, 6.45) is 6.30. The molecule has 0 aliphatic heterocycles. The Kier molecular flexibility index (Phi) is 7.99. The molecule has 0 spiro atoms. The molecule has 1 aromatic heterocycles. The smallest absolute Gasteiger partial charge is 0.241 e. The summed E-state index contributed by atoms with van der Waals surface area (Å²) in [5, 5.41) is 16.3. The highest BCUT2D eigenvalue weighted by Crippen LogP contribution is 2.22. The molecule has 0 bridgehead atoms. The van der Waals surface area contributed by atoms with Crippen LogP contribution in [0, 0.1) is 23.7 Å². The van der Waals surface area contributed by atoms with E-state index in [9.17, 15) is 8.60 Å². The maximum absolute atomic E-state index is 14.0. The molecule has 2 aromatic rings. The largest absolute Gasteiger partial charge is 0.423 e. The van der Waals surface area contributed by atoms with E-state index in [1.807, 2.05) is 38.1 Å². The molecule has 1 heterocycles. The summed E-state index contributed by atoms with van der Waals surface area (Å²) in [6, 6.07) is 7.25. The van der Waals surface area contributed by atoms with Crippen LogP contribution in [0.2, 0.25) is 0 Å². The topological polar surface area (TPSA) is 103 Å². The van der Waals surface area contributed by atoms with E-state index in [1.54, 1.807) is 37.4 Å². The molecule has 33 heavy (non-hydrogen) atoms. The highest BCUT2D eigenvalue weighted by Gasteiger charge is 2.26. The predicted molar refractivity (Wildman–Crippen MR) is 129 cm³/mol. The molecule has 0 radical (unpaired) electrons. The van der Waals surface area contributed by atoms with Crippen LogP contribution in [0.4, 0.5) is 4.39 Å². The molecule has 1 aliphatic carbocycles. The first-order valence-corrected chi connectivity index (χ1v) is 11.7. The van der Waals surface area contributed by atoms with Crippen molar-refractivity contribution in [2.24, 2.45) is 5.92 Å². The number of aromatic nitrogens is 2. The summed E-state index contributed by atoms with van der Waals surface area (Å²) >= 11 is 0. The summed E-state index contributed by atoms with van der Waals surface area (Å²) < 4.78 is 32.1. The second kappa shape index (κ2) is 10.7. The molecule has 0 fully saturated rings. The Morgan fingerprint density at radius 1 is 1.21 bits per heavy atom. The Bertz CT molecular complexity index is 1110. The van der Waals surface area contributed by atoms with Crippen LogP contribution in [0.1, 0.15) is 18.3 Å². The third-order valence-corrected chi connectivity index (χ3v) is 6.74. The van der Waals surface area contributed by atoms with E-state index in [4.69, 9.17) is 15.6 Å². The number of rotatable bonds is 7. The second-order valence-corrected chi connectivity index (χ2v) is 9.99. The number of nitrogens with zero attached hydrogens (tertiary/aromatic N) is 3. The predicted octanol–water partition coefficient (Wildman–Crippen LogP) is 3.91. The van der Waals surface area contributed by atoms with Crippen LogP contribution < -0.4 is 0 Å². The molecular formula is C24H28FN5O2S. The fourth-order valence-corrected chi connectivity index (χ4v) is 4.72. The van der Waals surface area contributed by atoms with Crippen LogP contribution in [0.15, 0.2) is 59.7 Å². The number of alkyl halides is 1. The van der Waals surface area contributed by atoms with Crippen molar-refractivity contribution in [1.29, 1.82) is 10.8 Å². The monoisotopic (exact) mass is 469 g/mol. The van der Waals surface area contributed by atoms with E-state index < -0.39 is 22.9 Å². The Morgan fingerprint density at radius 2 is 1.88 bits per heavy atom. The number of hydrogen-bond donors (Lipinski definition) is 2. The maximum atomic E-state index is 14.0. The van der Waals surface area contributed by atoms with Gasteiger partial charge in [0.25, 0.3) is 0 Å². The van der Waals surface area contributed by atoms with Crippen molar-refractivity contribution in [3.63, 3.8) is 0 Å². The highest BCUT2D eigenvalue weighted by molar-refractivity contribution is 7.85. The molecular weight excluding hydrogens is 441 g/mol. The van der Waals surface area contributed by atoms with Gasteiger partial charge in [0.15, 0.2) is 5.90 Å². The Morgan fingerprint density at radius 3 is 2.52 bits per heavy atom. The summed E-state index contributed by atoms with van der Waals surface area (Å²) in [5.41, 5.74) is 1.90. The van der Waals surface area contributed by atoms with E-state index in [0.29, 0.717) is 17.9 Å². The zero-order chi connectivity index (χ0) is 24.1. The van der Waals surface area contributed by atoms with Crippen molar-refractivity contribution in [2.45, 2.75) is 30.2 Å². The molecule has 0 saturated carbocycles. The number of ether oxygens (including phenoxy) is 1. The van der Waals surface area contributed by atoms with Gasteiger partial charge in [0.05, 0.1) is 34.3 Å². The lowest BCUT2D eigenvalue weighted by Gasteiger charge is -2.19. The number of halogens is 1. The number of aryl methyl sites for hydroxylation is 1. The van der Waals surface area contributed by atoms with Gasteiger partial charge >= 0.3 is 0 Å². The fourth-order valence-electron chi connectivity index (χ4n) is 3.42. The molecule has 174 valence electrons. The summed E-state index contributed by atoms with van der Waals surface area (Å²) in [6.45, 7) is 4.36. The number of nitrogens with one attached hydrogen (secondary N) is 2. The van der Waals surface area contributed by atoms with Crippen molar-refractivity contribution in [2.75, 3.05) is 20.6 Å². The minimum atomic E-state index is -1.38. The highest BCUT2D eigenvalue weighted by atomic mass is 32.2. The van der Waals surface area contributed by atoms with Crippen LogP contribution in [-0.4, -0.2) is 62.9 Å². The van der Waals surface area contributed by atoms with Crippen LogP contribution in [0.5, 0.6) is 0 Å². The first kappa shape index (κ1) is 24.6. The molecule has 1 aromatic carbocycles. The van der Waals surface area contributed by atoms with Crippen LogP contribution in [0.3, 0.4) is 0 Å². The first-order chi connectivity index (χ1) is 15.7. The number of allylic oxidation sites excluding steroid dienone is 3. The maximum Gasteiger partial charge on any atom is 0.241 e. The third-order valence-electron chi connectivity index (χ3n) is 5.12. The molecule has 1 aliphatic rings. The van der Waals surface area contributed by atoms with Crippen molar-refractivity contribution >= 4 is 22.6 Å². The number of benzene rings is 1. The van der Waals surface area contributed by atoms with Gasteiger partial charge in [-0.15, -0.1) is 0 Å². The molecule has 4 atom stereocenters. The van der Waals surface area contributed by atoms with E-state index in [2.05, 4.69) is 9.97 Å². The molecule has 2 unspecified atom stereocenters.